The molecule has 1 unspecified atom stereocenters. The van der Waals surface area contributed by atoms with Crippen LogP contribution in [0, 0.1) is 5.92 Å². The van der Waals surface area contributed by atoms with Crippen LogP contribution in [0.15, 0.2) is 24.3 Å². The lowest BCUT2D eigenvalue weighted by Crippen LogP contribution is -2.35. The third-order valence-corrected chi connectivity index (χ3v) is 2.91. The van der Waals surface area contributed by atoms with Crippen molar-refractivity contribution in [3.05, 3.63) is 35.4 Å². The lowest BCUT2D eigenvalue weighted by molar-refractivity contribution is 0.0575. The van der Waals surface area contributed by atoms with E-state index >= 15 is 0 Å². The predicted octanol–water partition coefficient (Wildman–Crippen LogP) is 2.70. The molecule has 0 bridgehead atoms. The molecule has 2 nitrogen and oxygen atoms in total. The van der Waals surface area contributed by atoms with Gasteiger partial charge in [0, 0.05) is 6.54 Å². The largest absolute Gasteiger partial charge is 0.384 e. The van der Waals surface area contributed by atoms with E-state index < -0.39 is 5.60 Å². The zero-order chi connectivity index (χ0) is 12.9. The molecule has 0 saturated carbocycles. The molecule has 1 atom stereocenters. The Balaban J connectivity index is 2.82. The summed E-state index contributed by atoms with van der Waals surface area (Å²) >= 11 is 0. The lowest BCUT2D eigenvalue weighted by Gasteiger charge is -2.25. The highest BCUT2D eigenvalue weighted by atomic mass is 16.3. The van der Waals surface area contributed by atoms with Crippen molar-refractivity contribution < 1.29 is 5.11 Å². The van der Waals surface area contributed by atoms with Gasteiger partial charge < -0.3 is 10.4 Å². The minimum Gasteiger partial charge on any atom is -0.384 e. The van der Waals surface area contributed by atoms with Crippen molar-refractivity contribution in [2.45, 2.75) is 39.7 Å². The molecule has 0 heterocycles. The molecular formula is C15H25NO. The molecule has 0 aromatic heterocycles. The molecule has 1 rings (SSSR count). The Labute approximate surface area is 105 Å². The zero-order valence-electron chi connectivity index (χ0n) is 11.5. The molecule has 96 valence electrons. The van der Waals surface area contributed by atoms with Crippen LogP contribution in [0.4, 0.5) is 0 Å². The first-order valence-electron chi connectivity index (χ1n) is 6.48. The number of aliphatic hydroxyl groups is 1. The summed E-state index contributed by atoms with van der Waals surface area (Å²) in [6.07, 6.45) is 1.06. The molecule has 0 spiro atoms. The molecule has 1 aromatic rings. The van der Waals surface area contributed by atoms with E-state index in [1.165, 1.54) is 5.56 Å². The van der Waals surface area contributed by atoms with E-state index in [0.29, 0.717) is 12.5 Å². The quantitative estimate of drug-likeness (QED) is 0.794. The van der Waals surface area contributed by atoms with E-state index in [9.17, 15) is 5.11 Å². The van der Waals surface area contributed by atoms with Crippen LogP contribution < -0.4 is 5.32 Å². The predicted molar refractivity (Wildman–Crippen MR) is 73.1 cm³/mol. The van der Waals surface area contributed by atoms with E-state index in [-0.39, 0.29) is 0 Å². The van der Waals surface area contributed by atoms with Gasteiger partial charge >= 0.3 is 0 Å². The maximum Gasteiger partial charge on any atom is 0.0992 e. The summed E-state index contributed by atoms with van der Waals surface area (Å²) in [7, 11) is 0. The van der Waals surface area contributed by atoms with E-state index in [2.05, 4.69) is 31.3 Å². The van der Waals surface area contributed by atoms with Crippen molar-refractivity contribution in [1.82, 2.24) is 5.32 Å². The zero-order valence-corrected chi connectivity index (χ0v) is 11.5. The summed E-state index contributed by atoms with van der Waals surface area (Å²) in [5.74, 6) is 0.643. The van der Waals surface area contributed by atoms with Crippen molar-refractivity contribution >= 4 is 0 Å². The van der Waals surface area contributed by atoms with Crippen LogP contribution in [-0.2, 0) is 12.0 Å². The van der Waals surface area contributed by atoms with Gasteiger partial charge in [-0.3, -0.25) is 0 Å². The van der Waals surface area contributed by atoms with Crippen LogP contribution in [0.5, 0.6) is 0 Å². The van der Waals surface area contributed by atoms with Crippen molar-refractivity contribution in [2.24, 2.45) is 5.92 Å². The Bertz CT molecular complexity index is 345. The number of rotatable bonds is 6. The first kappa shape index (κ1) is 14.2. The highest BCUT2D eigenvalue weighted by Gasteiger charge is 2.22. The molecule has 0 amide bonds. The summed E-state index contributed by atoms with van der Waals surface area (Å²) in [5.41, 5.74) is 1.51. The van der Waals surface area contributed by atoms with E-state index in [1.807, 2.05) is 26.0 Å². The Morgan fingerprint density at radius 3 is 2.65 bits per heavy atom. The summed E-state index contributed by atoms with van der Waals surface area (Å²) in [6.45, 7) is 9.80. The van der Waals surface area contributed by atoms with Gasteiger partial charge in [0.25, 0.3) is 0 Å². The normalized spacial score (nSPS) is 14.9. The Morgan fingerprint density at radius 2 is 2.06 bits per heavy atom. The van der Waals surface area contributed by atoms with E-state index in [4.69, 9.17) is 0 Å². The van der Waals surface area contributed by atoms with Gasteiger partial charge in [-0.2, -0.15) is 0 Å². The second kappa shape index (κ2) is 6.18. The Hall–Kier alpha value is -0.860. The molecule has 17 heavy (non-hydrogen) atoms. The van der Waals surface area contributed by atoms with Crippen LogP contribution >= 0.6 is 0 Å². The van der Waals surface area contributed by atoms with Crippen LogP contribution in [-0.4, -0.2) is 18.2 Å². The minimum absolute atomic E-state index is 0.592. The third-order valence-electron chi connectivity index (χ3n) is 2.91. The molecular weight excluding hydrogens is 210 g/mol. The number of likely N-dealkylation sites (N-methyl/N-ethyl adjacent to an activating group) is 1. The monoisotopic (exact) mass is 235 g/mol. The van der Waals surface area contributed by atoms with Gasteiger partial charge in [0.05, 0.1) is 5.60 Å². The molecule has 0 aliphatic carbocycles. The smallest absolute Gasteiger partial charge is 0.0992 e. The van der Waals surface area contributed by atoms with E-state index in [1.54, 1.807) is 0 Å². The lowest BCUT2D eigenvalue weighted by atomic mass is 9.92. The first-order valence-corrected chi connectivity index (χ1v) is 6.48. The van der Waals surface area contributed by atoms with Crippen molar-refractivity contribution in [2.75, 3.05) is 13.1 Å². The van der Waals surface area contributed by atoms with Crippen LogP contribution in [0.3, 0.4) is 0 Å². The van der Waals surface area contributed by atoms with Crippen molar-refractivity contribution in [1.29, 1.82) is 0 Å². The fourth-order valence-corrected chi connectivity index (χ4v) is 1.98. The maximum absolute atomic E-state index is 10.4. The molecule has 2 N–H and O–H groups in total. The standard InChI is InChI=1S/C15H25NO/c1-5-16-11-15(4,17)14-8-6-7-13(10-14)9-12(2)3/h6-8,10,12,16-17H,5,9,11H2,1-4H3. The van der Waals surface area contributed by atoms with Crippen LogP contribution in [0.1, 0.15) is 38.8 Å². The first-order chi connectivity index (χ1) is 7.95. The number of nitrogens with one attached hydrogen (secondary N) is 1. The molecule has 2 heteroatoms. The minimum atomic E-state index is -0.789. The highest BCUT2D eigenvalue weighted by Crippen LogP contribution is 2.21. The Kier molecular flexibility index (Phi) is 5.16. The molecule has 0 aliphatic rings. The SMILES string of the molecule is CCNCC(C)(O)c1cccc(CC(C)C)c1. The maximum atomic E-state index is 10.4. The summed E-state index contributed by atoms with van der Waals surface area (Å²) in [5, 5.41) is 13.6. The summed E-state index contributed by atoms with van der Waals surface area (Å²) < 4.78 is 0. The van der Waals surface area contributed by atoms with Gasteiger partial charge in [-0.15, -0.1) is 0 Å². The van der Waals surface area contributed by atoms with Crippen LogP contribution in [0.2, 0.25) is 0 Å². The van der Waals surface area contributed by atoms with Crippen LogP contribution in [0.25, 0.3) is 0 Å². The second-order valence-corrected chi connectivity index (χ2v) is 5.35. The van der Waals surface area contributed by atoms with Gasteiger partial charge in [0.1, 0.15) is 0 Å². The fraction of sp³-hybridized carbons (Fsp3) is 0.600. The molecule has 0 saturated heterocycles. The van der Waals surface area contributed by atoms with E-state index in [0.717, 1.165) is 18.5 Å². The second-order valence-electron chi connectivity index (χ2n) is 5.35. The Morgan fingerprint density at radius 1 is 1.35 bits per heavy atom. The topological polar surface area (TPSA) is 32.3 Å². The average Bonchev–Trinajstić information content (AvgIpc) is 2.26. The molecule has 0 aliphatic heterocycles. The molecule has 0 fully saturated rings. The van der Waals surface area contributed by atoms with Gasteiger partial charge in [0.15, 0.2) is 0 Å². The highest BCUT2D eigenvalue weighted by molar-refractivity contribution is 5.28. The number of benzene rings is 1. The van der Waals surface area contributed by atoms with Gasteiger partial charge in [-0.1, -0.05) is 45.0 Å². The third kappa shape index (κ3) is 4.49. The van der Waals surface area contributed by atoms with Crippen molar-refractivity contribution in [3.63, 3.8) is 0 Å². The fourth-order valence-electron chi connectivity index (χ4n) is 1.98. The van der Waals surface area contributed by atoms with Gasteiger partial charge in [0.2, 0.25) is 0 Å². The molecule has 1 aromatic carbocycles. The van der Waals surface area contributed by atoms with Gasteiger partial charge in [-0.05, 0) is 36.9 Å². The number of hydrogen-bond donors (Lipinski definition) is 2. The average molecular weight is 235 g/mol. The van der Waals surface area contributed by atoms with Crippen molar-refractivity contribution in [3.8, 4) is 0 Å². The summed E-state index contributed by atoms with van der Waals surface area (Å²) in [6, 6.07) is 8.29. The summed E-state index contributed by atoms with van der Waals surface area (Å²) in [4.78, 5) is 0. The number of hydrogen-bond acceptors (Lipinski definition) is 2. The van der Waals surface area contributed by atoms with Gasteiger partial charge in [-0.25, -0.2) is 0 Å². The molecule has 0 radical (unpaired) electrons.